The molecule has 7 heteroatoms. The molecule has 1 aliphatic heterocycles. The first-order valence-corrected chi connectivity index (χ1v) is 7.55. The third kappa shape index (κ3) is 3.32. The first kappa shape index (κ1) is 13.5. The fourth-order valence-electron chi connectivity index (χ4n) is 1.97. The van der Waals surface area contributed by atoms with Crippen LogP contribution < -0.4 is 10.5 Å². The predicted molar refractivity (Wildman–Crippen MR) is 67.4 cm³/mol. The Balaban J connectivity index is 1.94. The molecule has 102 valence electrons. The first-order valence-electron chi connectivity index (χ1n) is 6.06. The second kappa shape index (κ2) is 5.83. The zero-order valence-electron chi connectivity index (χ0n) is 10.2. The fourth-order valence-corrected chi connectivity index (χ4v) is 3.10. The van der Waals surface area contributed by atoms with Crippen LogP contribution in [0.25, 0.3) is 0 Å². The van der Waals surface area contributed by atoms with Crippen LogP contribution in [0.4, 0.5) is 0 Å². The van der Waals surface area contributed by atoms with Crippen molar-refractivity contribution in [3.05, 3.63) is 18.0 Å². The van der Waals surface area contributed by atoms with Gasteiger partial charge in [-0.05, 0) is 24.8 Å². The molecule has 0 amide bonds. The number of nitrogens with two attached hydrogens (primary N) is 1. The SMILES string of the molecule is NCc1cc(S(=O)(=O)NCC2CCCOC2)c[nH]1. The summed E-state index contributed by atoms with van der Waals surface area (Å²) in [4.78, 5) is 3.07. The molecule has 4 N–H and O–H groups in total. The van der Waals surface area contributed by atoms with E-state index in [-0.39, 0.29) is 10.8 Å². The summed E-state index contributed by atoms with van der Waals surface area (Å²) in [5.41, 5.74) is 6.14. The highest BCUT2D eigenvalue weighted by Gasteiger charge is 2.19. The monoisotopic (exact) mass is 273 g/mol. The molecule has 2 heterocycles. The van der Waals surface area contributed by atoms with Crippen molar-refractivity contribution in [3.63, 3.8) is 0 Å². The number of sulfonamides is 1. The number of aromatic amines is 1. The molecule has 1 saturated heterocycles. The molecule has 18 heavy (non-hydrogen) atoms. The molecule has 0 radical (unpaired) electrons. The Kier molecular flexibility index (Phi) is 4.39. The predicted octanol–water partition coefficient (Wildman–Crippen LogP) is 0.178. The molecule has 0 bridgehead atoms. The minimum absolute atomic E-state index is 0.236. The highest BCUT2D eigenvalue weighted by Crippen LogP contribution is 2.14. The van der Waals surface area contributed by atoms with Crippen molar-refractivity contribution in [3.8, 4) is 0 Å². The Morgan fingerprint density at radius 3 is 3.00 bits per heavy atom. The van der Waals surface area contributed by atoms with Gasteiger partial charge in [0.25, 0.3) is 0 Å². The number of aromatic nitrogens is 1. The van der Waals surface area contributed by atoms with Crippen molar-refractivity contribution in [2.45, 2.75) is 24.3 Å². The third-order valence-electron chi connectivity index (χ3n) is 3.06. The summed E-state index contributed by atoms with van der Waals surface area (Å²) in [7, 11) is -3.44. The highest BCUT2D eigenvalue weighted by molar-refractivity contribution is 7.89. The van der Waals surface area contributed by atoms with Crippen molar-refractivity contribution in [2.24, 2.45) is 11.7 Å². The molecule has 6 nitrogen and oxygen atoms in total. The van der Waals surface area contributed by atoms with Gasteiger partial charge in [0.05, 0.1) is 11.5 Å². The topological polar surface area (TPSA) is 97.2 Å². The molecule has 0 spiro atoms. The average Bonchev–Trinajstić information content (AvgIpc) is 2.87. The zero-order chi connectivity index (χ0) is 13.0. The van der Waals surface area contributed by atoms with Crippen molar-refractivity contribution >= 4 is 10.0 Å². The smallest absolute Gasteiger partial charge is 0.242 e. The summed E-state index contributed by atoms with van der Waals surface area (Å²) in [6, 6.07) is 1.56. The molecular weight excluding hydrogens is 254 g/mol. The standard InChI is InChI=1S/C11H19N3O3S/c12-5-10-4-11(7-13-10)18(15,16)14-6-9-2-1-3-17-8-9/h4,7,9,13-14H,1-3,5-6,8,12H2. The molecule has 2 rings (SSSR count). The van der Waals surface area contributed by atoms with Crippen LogP contribution >= 0.6 is 0 Å². The highest BCUT2D eigenvalue weighted by atomic mass is 32.2. The molecule has 1 unspecified atom stereocenters. The molecule has 0 saturated carbocycles. The lowest BCUT2D eigenvalue weighted by Crippen LogP contribution is -2.33. The number of hydrogen-bond donors (Lipinski definition) is 3. The Morgan fingerprint density at radius 2 is 2.39 bits per heavy atom. The maximum atomic E-state index is 12.0. The summed E-state index contributed by atoms with van der Waals surface area (Å²) in [6.45, 7) is 2.13. The minimum atomic E-state index is -3.44. The van der Waals surface area contributed by atoms with Crippen molar-refractivity contribution < 1.29 is 13.2 Å². The van der Waals surface area contributed by atoms with E-state index in [0.29, 0.717) is 25.4 Å². The Hall–Kier alpha value is -0.890. The van der Waals surface area contributed by atoms with Gasteiger partial charge in [-0.15, -0.1) is 0 Å². The van der Waals surface area contributed by atoms with Gasteiger partial charge >= 0.3 is 0 Å². The molecular formula is C11H19N3O3S. The normalized spacial score (nSPS) is 21.1. The van der Waals surface area contributed by atoms with Gasteiger partial charge in [-0.3, -0.25) is 0 Å². The van der Waals surface area contributed by atoms with Gasteiger partial charge in [0, 0.05) is 31.6 Å². The second-order valence-electron chi connectivity index (χ2n) is 4.50. The second-order valence-corrected chi connectivity index (χ2v) is 6.27. The van der Waals surface area contributed by atoms with E-state index in [1.54, 1.807) is 6.07 Å². The van der Waals surface area contributed by atoms with Crippen LogP contribution in [-0.4, -0.2) is 33.2 Å². The van der Waals surface area contributed by atoms with Crippen LogP contribution in [0.3, 0.4) is 0 Å². The Bertz CT molecular complexity index is 477. The Labute approximate surface area is 107 Å². The van der Waals surface area contributed by atoms with Crippen molar-refractivity contribution in [2.75, 3.05) is 19.8 Å². The van der Waals surface area contributed by atoms with Crippen LogP contribution in [0.15, 0.2) is 17.2 Å². The summed E-state index contributed by atoms with van der Waals surface area (Å²) < 4.78 is 31.9. The van der Waals surface area contributed by atoms with Gasteiger partial charge < -0.3 is 15.5 Å². The summed E-state index contributed by atoms with van der Waals surface area (Å²) >= 11 is 0. The van der Waals surface area contributed by atoms with Crippen LogP contribution in [0.1, 0.15) is 18.5 Å². The van der Waals surface area contributed by atoms with Gasteiger partial charge in [-0.2, -0.15) is 0 Å². The van der Waals surface area contributed by atoms with Crippen LogP contribution in [0, 0.1) is 5.92 Å². The Morgan fingerprint density at radius 1 is 1.56 bits per heavy atom. The number of H-pyrrole nitrogens is 1. The zero-order valence-corrected chi connectivity index (χ0v) is 11.0. The number of hydrogen-bond acceptors (Lipinski definition) is 4. The molecule has 0 aromatic carbocycles. The third-order valence-corrected chi connectivity index (χ3v) is 4.47. The molecule has 0 aliphatic carbocycles. The summed E-state index contributed by atoms with van der Waals surface area (Å²) in [5.74, 6) is 0.265. The van der Waals surface area contributed by atoms with E-state index in [4.69, 9.17) is 10.5 Å². The van der Waals surface area contributed by atoms with Gasteiger partial charge in [0.1, 0.15) is 0 Å². The van der Waals surface area contributed by atoms with Gasteiger partial charge in [-0.25, -0.2) is 13.1 Å². The maximum Gasteiger partial charge on any atom is 0.242 e. The number of rotatable bonds is 5. The fraction of sp³-hybridized carbons (Fsp3) is 0.636. The lowest BCUT2D eigenvalue weighted by molar-refractivity contribution is 0.0568. The van der Waals surface area contributed by atoms with E-state index < -0.39 is 10.0 Å². The summed E-state index contributed by atoms with van der Waals surface area (Å²) in [5, 5.41) is 0. The number of nitrogens with one attached hydrogen (secondary N) is 2. The maximum absolute atomic E-state index is 12.0. The average molecular weight is 273 g/mol. The van der Waals surface area contributed by atoms with E-state index in [9.17, 15) is 8.42 Å². The van der Waals surface area contributed by atoms with E-state index >= 15 is 0 Å². The van der Waals surface area contributed by atoms with Crippen LogP contribution in [-0.2, 0) is 21.3 Å². The van der Waals surface area contributed by atoms with Crippen molar-refractivity contribution in [1.29, 1.82) is 0 Å². The molecule has 1 fully saturated rings. The molecule has 1 aliphatic rings. The van der Waals surface area contributed by atoms with E-state index in [1.165, 1.54) is 6.20 Å². The molecule has 1 atom stereocenters. The lowest BCUT2D eigenvalue weighted by atomic mass is 10.0. The van der Waals surface area contributed by atoms with Crippen LogP contribution in [0.5, 0.6) is 0 Å². The first-order chi connectivity index (χ1) is 8.62. The molecule has 1 aromatic heterocycles. The van der Waals surface area contributed by atoms with Gasteiger partial charge in [0.15, 0.2) is 0 Å². The summed E-state index contributed by atoms with van der Waals surface area (Å²) in [6.07, 6.45) is 3.46. The van der Waals surface area contributed by atoms with E-state index in [2.05, 4.69) is 9.71 Å². The lowest BCUT2D eigenvalue weighted by Gasteiger charge is -2.21. The van der Waals surface area contributed by atoms with E-state index in [0.717, 1.165) is 19.4 Å². The van der Waals surface area contributed by atoms with Gasteiger partial charge in [-0.1, -0.05) is 0 Å². The number of ether oxygens (including phenoxy) is 1. The largest absolute Gasteiger partial charge is 0.381 e. The van der Waals surface area contributed by atoms with Crippen LogP contribution in [0.2, 0.25) is 0 Å². The quantitative estimate of drug-likeness (QED) is 0.713. The van der Waals surface area contributed by atoms with Crippen molar-refractivity contribution in [1.82, 2.24) is 9.71 Å². The van der Waals surface area contributed by atoms with Gasteiger partial charge in [0.2, 0.25) is 10.0 Å². The molecule has 1 aromatic rings. The minimum Gasteiger partial charge on any atom is -0.381 e. The van der Waals surface area contributed by atoms with E-state index in [1.807, 2.05) is 0 Å².